The molecule has 0 radical (unpaired) electrons. The van der Waals surface area contributed by atoms with Crippen molar-refractivity contribution in [3.63, 3.8) is 0 Å². The number of hydrogen-bond donors (Lipinski definition) is 0. The van der Waals surface area contributed by atoms with Crippen LogP contribution in [0.5, 0.6) is 0 Å². The first-order valence-corrected chi connectivity index (χ1v) is 10.3. The third-order valence-electron chi connectivity index (χ3n) is 4.92. The number of carbonyl (C=O) groups is 2. The summed E-state index contributed by atoms with van der Waals surface area (Å²) in [4.78, 5) is 34.2. The normalized spacial score (nSPS) is 10.9. The number of ether oxygens (including phenoxy) is 1. The minimum Gasteiger partial charge on any atom is -0.463 e. The van der Waals surface area contributed by atoms with E-state index in [1.54, 1.807) is 73.0 Å². The van der Waals surface area contributed by atoms with Crippen LogP contribution in [0.3, 0.4) is 0 Å². The zero-order valence-electron chi connectivity index (χ0n) is 17.0. The Hall–Kier alpha value is -4.23. The molecule has 3 aromatic heterocycles. The number of aromatic nitrogens is 2. The fraction of sp³-hybridized carbons (Fsp3) is 0.0400. The molecule has 0 aliphatic carbocycles. The molecule has 2 aromatic carbocycles. The van der Waals surface area contributed by atoms with E-state index in [1.807, 2.05) is 0 Å². The monoisotopic (exact) mass is 458 g/mol. The summed E-state index contributed by atoms with van der Waals surface area (Å²) in [5.41, 5.74) is 2.54. The molecule has 0 saturated carbocycles. The standard InChI is InChI=1S/C25H15ClN2O5/c26-17-6-2-1-5-16(17)20(29)14-33-25(30)15-9-10-18-19(13-15)28-24(22-8-4-12-32-22)23(27-18)21-7-3-11-31-21/h1-13H,14H2. The SMILES string of the molecule is O=C(OCC(=O)c1ccccc1Cl)c1ccc2nc(-c3ccco3)c(-c3ccco3)nc2c1. The van der Waals surface area contributed by atoms with E-state index in [9.17, 15) is 9.59 Å². The minimum atomic E-state index is -0.659. The molecule has 5 rings (SSSR count). The van der Waals surface area contributed by atoms with Gasteiger partial charge in [0.25, 0.3) is 0 Å². The van der Waals surface area contributed by atoms with Gasteiger partial charge in [-0.2, -0.15) is 0 Å². The highest BCUT2D eigenvalue weighted by Crippen LogP contribution is 2.31. The van der Waals surface area contributed by atoms with E-state index in [2.05, 4.69) is 9.97 Å². The molecule has 33 heavy (non-hydrogen) atoms. The van der Waals surface area contributed by atoms with Gasteiger partial charge in [-0.3, -0.25) is 4.79 Å². The lowest BCUT2D eigenvalue weighted by molar-refractivity contribution is 0.0475. The Kier molecular flexibility index (Phi) is 5.46. The van der Waals surface area contributed by atoms with Crippen molar-refractivity contribution in [3.8, 4) is 22.9 Å². The van der Waals surface area contributed by atoms with Gasteiger partial charge in [0.2, 0.25) is 5.78 Å². The smallest absolute Gasteiger partial charge is 0.338 e. The molecule has 0 bridgehead atoms. The summed E-state index contributed by atoms with van der Waals surface area (Å²) < 4.78 is 16.2. The van der Waals surface area contributed by atoms with Crippen molar-refractivity contribution in [2.45, 2.75) is 0 Å². The number of rotatable bonds is 6. The Balaban J connectivity index is 1.44. The zero-order chi connectivity index (χ0) is 22.8. The number of ketones is 1. The second kappa shape index (κ2) is 8.72. The molecule has 5 aromatic rings. The average molecular weight is 459 g/mol. The highest BCUT2D eigenvalue weighted by molar-refractivity contribution is 6.34. The number of Topliss-reactive ketones (excluding diaryl/α,β-unsaturated/α-hetero) is 1. The Morgan fingerprint density at radius 1 is 0.818 bits per heavy atom. The molecular formula is C25H15ClN2O5. The van der Waals surface area contributed by atoms with Crippen LogP contribution in [0.2, 0.25) is 5.02 Å². The lowest BCUT2D eigenvalue weighted by Gasteiger charge is -2.08. The molecular weight excluding hydrogens is 444 g/mol. The van der Waals surface area contributed by atoms with Gasteiger partial charge < -0.3 is 13.6 Å². The van der Waals surface area contributed by atoms with Gasteiger partial charge in [0.15, 0.2) is 18.1 Å². The summed E-state index contributed by atoms with van der Waals surface area (Å²) in [6.07, 6.45) is 3.09. The fourth-order valence-corrected chi connectivity index (χ4v) is 3.57. The molecule has 3 heterocycles. The maximum atomic E-state index is 12.6. The van der Waals surface area contributed by atoms with Gasteiger partial charge in [0, 0.05) is 5.56 Å². The molecule has 0 N–H and O–H groups in total. The molecule has 7 nitrogen and oxygen atoms in total. The topological polar surface area (TPSA) is 95.4 Å². The van der Waals surface area contributed by atoms with Crippen LogP contribution in [0, 0.1) is 0 Å². The second-order valence-corrected chi connectivity index (χ2v) is 7.47. The van der Waals surface area contributed by atoms with Crippen molar-refractivity contribution < 1.29 is 23.2 Å². The van der Waals surface area contributed by atoms with Gasteiger partial charge >= 0.3 is 5.97 Å². The van der Waals surface area contributed by atoms with Gasteiger partial charge in [-0.15, -0.1) is 0 Å². The number of benzene rings is 2. The van der Waals surface area contributed by atoms with E-state index in [1.165, 1.54) is 6.26 Å². The van der Waals surface area contributed by atoms with Crippen molar-refractivity contribution >= 4 is 34.4 Å². The highest BCUT2D eigenvalue weighted by Gasteiger charge is 2.19. The van der Waals surface area contributed by atoms with Gasteiger partial charge in [-0.1, -0.05) is 23.7 Å². The number of esters is 1. The summed E-state index contributed by atoms with van der Waals surface area (Å²) in [7, 11) is 0. The molecule has 0 aliphatic rings. The van der Waals surface area contributed by atoms with Crippen LogP contribution in [-0.4, -0.2) is 28.3 Å². The number of furan rings is 2. The van der Waals surface area contributed by atoms with Crippen molar-refractivity contribution in [1.29, 1.82) is 0 Å². The molecule has 0 amide bonds. The number of carbonyl (C=O) groups excluding carboxylic acids is 2. The molecule has 8 heteroatoms. The van der Waals surface area contributed by atoms with E-state index < -0.39 is 18.4 Å². The van der Waals surface area contributed by atoms with E-state index in [-0.39, 0.29) is 5.56 Å². The predicted molar refractivity (Wildman–Crippen MR) is 121 cm³/mol. The first kappa shape index (κ1) is 20.7. The summed E-state index contributed by atoms with van der Waals surface area (Å²) in [5.74, 6) is -0.00187. The van der Waals surface area contributed by atoms with Crippen LogP contribution in [0.25, 0.3) is 33.9 Å². The van der Waals surface area contributed by atoms with Crippen molar-refractivity contribution in [1.82, 2.24) is 9.97 Å². The largest absolute Gasteiger partial charge is 0.463 e. The summed E-state index contributed by atoms with van der Waals surface area (Å²) >= 11 is 6.03. The number of halogens is 1. The number of fused-ring (bicyclic) bond motifs is 1. The fourth-order valence-electron chi connectivity index (χ4n) is 3.33. The second-order valence-electron chi connectivity index (χ2n) is 7.06. The summed E-state index contributed by atoms with van der Waals surface area (Å²) in [6.45, 7) is -0.429. The first-order chi connectivity index (χ1) is 16.1. The van der Waals surface area contributed by atoms with Crippen molar-refractivity contribution in [2.75, 3.05) is 6.61 Å². The van der Waals surface area contributed by atoms with Gasteiger partial charge in [0.1, 0.15) is 11.4 Å². The van der Waals surface area contributed by atoms with Gasteiger partial charge in [-0.25, -0.2) is 14.8 Å². The Labute approximate surface area is 192 Å². The Morgan fingerprint density at radius 3 is 2.12 bits per heavy atom. The Bertz CT molecular complexity index is 1460. The Morgan fingerprint density at radius 2 is 1.48 bits per heavy atom. The van der Waals surface area contributed by atoms with E-state index in [4.69, 9.17) is 25.2 Å². The van der Waals surface area contributed by atoms with Crippen LogP contribution >= 0.6 is 11.6 Å². The number of nitrogens with zero attached hydrogens (tertiary/aromatic N) is 2. The van der Waals surface area contributed by atoms with E-state index >= 15 is 0 Å². The summed E-state index contributed by atoms with van der Waals surface area (Å²) in [5, 5.41) is 0.303. The first-order valence-electron chi connectivity index (χ1n) is 9.94. The van der Waals surface area contributed by atoms with Crippen molar-refractivity contribution in [2.24, 2.45) is 0 Å². The zero-order valence-corrected chi connectivity index (χ0v) is 17.8. The molecule has 0 aliphatic heterocycles. The molecule has 0 atom stereocenters. The predicted octanol–water partition coefficient (Wildman–Crippen LogP) is 5.84. The maximum Gasteiger partial charge on any atom is 0.338 e. The lowest BCUT2D eigenvalue weighted by Crippen LogP contribution is -2.14. The highest BCUT2D eigenvalue weighted by atomic mass is 35.5. The van der Waals surface area contributed by atoms with Crippen LogP contribution < -0.4 is 0 Å². The van der Waals surface area contributed by atoms with Crippen LogP contribution in [0.4, 0.5) is 0 Å². The molecule has 0 saturated heterocycles. The van der Waals surface area contributed by atoms with Crippen molar-refractivity contribution in [3.05, 3.63) is 95.4 Å². The minimum absolute atomic E-state index is 0.236. The van der Waals surface area contributed by atoms with Crippen LogP contribution in [0.1, 0.15) is 20.7 Å². The molecule has 0 unspecified atom stereocenters. The molecule has 0 fully saturated rings. The quantitative estimate of drug-likeness (QED) is 0.233. The molecule has 0 spiro atoms. The third-order valence-corrected chi connectivity index (χ3v) is 5.25. The maximum absolute atomic E-state index is 12.6. The van der Waals surface area contributed by atoms with Crippen LogP contribution in [-0.2, 0) is 4.74 Å². The van der Waals surface area contributed by atoms with E-state index in [0.717, 1.165) is 0 Å². The van der Waals surface area contributed by atoms with Gasteiger partial charge in [-0.05, 0) is 54.6 Å². The molecule has 162 valence electrons. The lowest BCUT2D eigenvalue weighted by atomic mass is 10.1. The summed E-state index contributed by atoms with van der Waals surface area (Å²) in [6, 6.07) is 18.4. The van der Waals surface area contributed by atoms with Crippen LogP contribution in [0.15, 0.2) is 88.1 Å². The van der Waals surface area contributed by atoms with Gasteiger partial charge in [0.05, 0.1) is 34.1 Å². The number of hydrogen-bond acceptors (Lipinski definition) is 7. The third kappa shape index (κ3) is 4.14. The average Bonchev–Trinajstić information content (AvgIpc) is 3.56. The van der Waals surface area contributed by atoms with E-state index in [0.29, 0.717) is 44.5 Å².